The molecule has 1 aliphatic carbocycles. The number of rotatable bonds is 6. The van der Waals surface area contributed by atoms with Gasteiger partial charge in [-0.05, 0) is 82.3 Å². The molecule has 1 aliphatic heterocycles. The molecule has 1 saturated carbocycles. The van der Waals surface area contributed by atoms with Crippen LogP contribution in [0.4, 0.5) is 17.6 Å². The quantitative estimate of drug-likeness (QED) is 0.528. The summed E-state index contributed by atoms with van der Waals surface area (Å²) < 4.78 is 52.6. The average molecular weight is 520 g/mol. The smallest absolute Gasteiger partial charge is 0.348 e. The maximum absolute atomic E-state index is 13.6. The van der Waals surface area contributed by atoms with Crippen molar-refractivity contribution in [3.63, 3.8) is 0 Å². The van der Waals surface area contributed by atoms with Gasteiger partial charge >= 0.3 is 6.18 Å². The number of nitrogens with one attached hydrogen (secondary N) is 2. The highest BCUT2D eigenvalue weighted by Gasteiger charge is 2.51. The second kappa shape index (κ2) is 9.79. The SMILES string of the molecule is CC1CCC(C)N1C(=O)c1ccc([C@@H](C)NC(=O)C2(NC(=O)c3ccc(F)c(C(F)(F)F)c3)CC2)cc1. The molecular formula is C27H29F4N3O3. The van der Waals surface area contributed by atoms with Crippen molar-refractivity contribution < 1.29 is 31.9 Å². The largest absolute Gasteiger partial charge is 0.419 e. The van der Waals surface area contributed by atoms with Gasteiger partial charge in [0.2, 0.25) is 5.91 Å². The second-order valence-electron chi connectivity index (χ2n) is 10.0. The van der Waals surface area contributed by atoms with Gasteiger partial charge in [0.25, 0.3) is 11.8 Å². The van der Waals surface area contributed by atoms with Crippen molar-refractivity contribution >= 4 is 17.7 Å². The summed E-state index contributed by atoms with van der Waals surface area (Å²) in [6.45, 7) is 5.82. The van der Waals surface area contributed by atoms with Crippen molar-refractivity contribution in [1.29, 1.82) is 0 Å². The third-order valence-corrected chi connectivity index (χ3v) is 7.26. The van der Waals surface area contributed by atoms with Crippen LogP contribution in [0.5, 0.6) is 0 Å². The third-order valence-electron chi connectivity index (χ3n) is 7.26. The van der Waals surface area contributed by atoms with Crippen molar-refractivity contribution in [3.8, 4) is 0 Å². The molecule has 0 spiro atoms. The fraction of sp³-hybridized carbons (Fsp3) is 0.444. The molecule has 37 heavy (non-hydrogen) atoms. The third kappa shape index (κ3) is 5.47. The fourth-order valence-corrected chi connectivity index (χ4v) is 4.78. The maximum atomic E-state index is 13.6. The van der Waals surface area contributed by atoms with E-state index in [1.807, 2.05) is 18.7 Å². The number of halogens is 4. The molecule has 3 atom stereocenters. The molecule has 2 unspecified atom stereocenters. The Morgan fingerprint density at radius 2 is 1.54 bits per heavy atom. The van der Waals surface area contributed by atoms with Crippen molar-refractivity contribution in [3.05, 3.63) is 70.5 Å². The summed E-state index contributed by atoms with van der Waals surface area (Å²) >= 11 is 0. The molecule has 0 radical (unpaired) electrons. The Kier molecular flexibility index (Phi) is 7.05. The highest BCUT2D eigenvalue weighted by atomic mass is 19.4. The van der Waals surface area contributed by atoms with Crippen LogP contribution < -0.4 is 10.6 Å². The number of carbonyl (C=O) groups excluding carboxylic acids is 3. The molecule has 6 nitrogen and oxygen atoms in total. The highest BCUT2D eigenvalue weighted by Crippen LogP contribution is 2.37. The van der Waals surface area contributed by atoms with E-state index in [0.29, 0.717) is 30.5 Å². The molecule has 2 aromatic rings. The lowest BCUT2D eigenvalue weighted by Crippen LogP contribution is -2.49. The molecule has 10 heteroatoms. The van der Waals surface area contributed by atoms with E-state index in [9.17, 15) is 31.9 Å². The summed E-state index contributed by atoms with van der Waals surface area (Å²) in [5.74, 6) is -2.87. The van der Waals surface area contributed by atoms with Crippen molar-refractivity contribution in [2.45, 2.75) is 76.3 Å². The number of benzene rings is 2. The number of hydrogen-bond acceptors (Lipinski definition) is 3. The van der Waals surface area contributed by atoms with Gasteiger partial charge in [-0.25, -0.2) is 4.39 Å². The molecule has 1 saturated heterocycles. The van der Waals surface area contributed by atoms with E-state index in [4.69, 9.17) is 0 Å². The first-order valence-electron chi connectivity index (χ1n) is 12.3. The number of alkyl halides is 3. The molecule has 0 aromatic heterocycles. The van der Waals surface area contributed by atoms with Gasteiger partial charge in [0, 0.05) is 23.2 Å². The van der Waals surface area contributed by atoms with E-state index in [0.717, 1.165) is 24.5 Å². The summed E-state index contributed by atoms with van der Waals surface area (Å²) in [4.78, 5) is 40.3. The van der Waals surface area contributed by atoms with Crippen LogP contribution in [0.1, 0.15) is 84.3 Å². The number of likely N-dealkylation sites (tertiary alicyclic amines) is 1. The van der Waals surface area contributed by atoms with Gasteiger partial charge in [0.15, 0.2) is 0 Å². The van der Waals surface area contributed by atoms with Gasteiger partial charge in [-0.15, -0.1) is 0 Å². The topological polar surface area (TPSA) is 78.5 Å². The lowest BCUT2D eigenvalue weighted by molar-refractivity contribution is -0.140. The van der Waals surface area contributed by atoms with Crippen LogP contribution in [0.25, 0.3) is 0 Å². The van der Waals surface area contributed by atoms with Gasteiger partial charge in [0.1, 0.15) is 11.4 Å². The van der Waals surface area contributed by atoms with E-state index in [1.54, 1.807) is 31.2 Å². The zero-order valence-electron chi connectivity index (χ0n) is 20.8. The molecule has 2 aliphatic rings. The van der Waals surface area contributed by atoms with E-state index in [1.165, 1.54) is 0 Å². The zero-order chi connectivity index (χ0) is 27.1. The predicted octanol–water partition coefficient (Wildman–Crippen LogP) is 5.00. The Morgan fingerprint density at radius 3 is 2.08 bits per heavy atom. The number of hydrogen-bond donors (Lipinski definition) is 2. The zero-order valence-corrected chi connectivity index (χ0v) is 20.8. The normalized spacial score (nSPS) is 21.3. The van der Waals surface area contributed by atoms with Gasteiger partial charge in [-0.2, -0.15) is 13.2 Å². The second-order valence-corrected chi connectivity index (χ2v) is 10.0. The lowest BCUT2D eigenvalue weighted by Gasteiger charge is -2.26. The molecule has 198 valence electrons. The molecular weight excluding hydrogens is 490 g/mol. The van der Waals surface area contributed by atoms with E-state index in [2.05, 4.69) is 10.6 Å². The van der Waals surface area contributed by atoms with Crippen LogP contribution in [0.15, 0.2) is 42.5 Å². The van der Waals surface area contributed by atoms with Crippen LogP contribution in [0.2, 0.25) is 0 Å². The first-order valence-corrected chi connectivity index (χ1v) is 12.3. The first kappa shape index (κ1) is 26.6. The first-order chi connectivity index (χ1) is 17.3. The molecule has 2 fully saturated rings. The summed E-state index contributed by atoms with van der Waals surface area (Å²) in [5, 5.41) is 5.34. The summed E-state index contributed by atoms with van der Waals surface area (Å²) in [5.41, 5.74) is -1.86. The number of carbonyl (C=O) groups is 3. The highest BCUT2D eigenvalue weighted by molar-refractivity contribution is 6.01. The minimum atomic E-state index is -4.95. The van der Waals surface area contributed by atoms with Gasteiger partial charge in [-0.1, -0.05) is 12.1 Å². The minimum absolute atomic E-state index is 0.0325. The Bertz CT molecular complexity index is 1200. The van der Waals surface area contributed by atoms with Gasteiger partial charge in [0.05, 0.1) is 11.6 Å². The Labute approximate surface area is 212 Å². The molecule has 0 bridgehead atoms. The molecule has 3 amide bonds. The van der Waals surface area contributed by atoms with Crippen LogP contribution in [0.3, 0.4) is 0 Å². The van der Waals surface area contributed by atoms with E-state index >= 15 is 0 Å². The summed E-state index contributed by atoms with van der Waals surface area (Å²) in [6.07, 6.45) is -2.36. The predicted molar refractivity (Wildman–Crippen MR) is 128 cm³/mol. The number of amides is 3. The average Bonchev–Trinajstić information content (AvgIpc) is 3.55. The molecule has 2 aromatic carbocycles. The van der Waals surface area contributed by atoms with E-state index in [-0.39, 0.29) is 23.6 Å². The Hall–Kier alpha value is -3.43. The van der Waals surface area contributed by atoms with Crippen molar-refractivity contribution in [2.24, 2.45) is 0 Å². The lowest BCUT2D eigenvalue weighted by atomic mass is 10.0. The fourth-order valence-electron chi connectivity index (χ4n) is 4.78. The van der Waals surface area contributed by atoms with E-state index < -0.39 is 41.0 Å². The summed E-state index contributed by atoms with van der Waals surface area (Å²) in [6, 6.07) is 8.85. The molecule has 1 heterocycles. The monoisotopic (exact) mass is 519 g/mol. The van der Waals surface area contributed by atoms with Crippen LogP contribution in [0, 0.1) is 5.82 Å². The Morgan fingerprint density at radius 1 is 0.973 bits per heavy atom. The molecule has 2 N–H and O–H groups in total. The number of nitrogens with zero attached hydrogens (tertiary/aromatic N) is 1. The van der Waals surface area contributed by atoms with Crippen molar-refractivity contribution in [2.75, 3.05) is 0 Å². The van der Waals surface area contributed by atoms with Crippen LogP contribution in [-0.4, -0.2) is 40.2 Å². The Balaban J connectivity index is 1.39. The van der Waals surface area contributed by atoms with Crippen LogP contribution >= 0.6 is 0 Å². The minimum Gasteiger partial charge on any atom is -0.348 e. The molecule has 4 rings (SSSR count). The van der Waals surface area contributed by atoms with Gasteiger partial charge < -0.3 is 15.5 Å². The van der Waals surface area contributed by atoms with Gasteiger partial charge in [-0.3, -0.25) is 14.4 Å². The van der Waals surface area contributed by atoms with Crippen molar-refractivity contribution in [1.82, 2.24) is 15.5 Å². The standard InChI is InChI=1S/C27H29F4N3O3/c1-15-4-5-16(2)34(15)24(36)19-8-6-18(7-9-19)17(3)32-25(37)26(12-13-26)33-23(35)20-10-11-22(28)21(14-20)27(29,30)31/h6-11,14-17H,4-5,12-13H2,1-3H3,(H,32,37)(H,33,35)/t15?,16?,17-/m1/s1. The maximum Gasteiger partial charge on any atom is 0.419 e. The summed E-state index contributed by atoms with van der Waals surface area (Å²) in [7, 11) is 0. The van der Waals surface area contributed by atoms with Crippen LogP contribution in [-0.2, 0) is 11.0 Å².